The van der Waals surface area contributed by atoms with Crippen LogP contribution in [0.15, 0.2) is 35.1 Å². The SMILES string of the molecule is CCc1nc(Cl)c(Br)cc1-c1ccncc1. The summed E-state index contributed by atoms with van der Waals surface area (Å²) in [5.74, 6) is 0. The van der Waals surface area contributed by atoms with Crippen molar-refractivity contribution in [3.8, 4) is 11.1 Å². The molecule has 2 nitrogen and oxygen atoms in total. The zero-order valence-corrected chi connectivity index (χ0v) is 11.1. The van der Waals surface area contributed by atoms with E-state index >= 15 is 0 Å². The maximum atomic E-state index is 5.98. The summed E-state index contributed by atoms with van der Waals surface area (Å²) < 4.78 is 0.818. The molecule has 82 valence electrons. The molecule has 0 aromatic carbocycles. The number of hydrogen-bond acceptors (Lipinski definition) is 2. The van der Waals surface area contributed by atoms with Gasteiger partial charge in [-0.15, -0.1) is 0 Å². The molecule has 2 rings (SSSR count). The van der Waals surface area contributed by atoms with E-state index in [-0.39, 0.29) is 0 Å². The van der Waals surface area contributed by atoms with Gasteiger partial charge in [0.1, 0.15) is 5.15 Å². The third-order valence-corrected chi connectivity index (χ3v) is 3.46. The van der Waals surface area contributed by atoms with Crippen molar-refractivity contribution in [1.29, 1.82) is 0 Å². The molecular formula is C12H10BrClN2. The van der Waals surface area contributed by atoms with Crippen LogP contribution in [0.2, 0.25) is 5.15 Å². The highest BCUT2D eigenvalue weighted by Gasteiger charge is 2.09. The molecular weight excluding hydrogens is 288 g/mol. The third-order valence-electron chi connectivity index (χ3n) is 2.34. The molecule has 0 aliphatic carbocycles. The highest BCUT2D eigenvalue weighted by atomic mass is 79.9. The first-order valence-electron chi connectivity index (χ1n) is 4.97. The van der Waals surface area contributed by atoms with Crippen LogP contribution in [0.3, 0.4) is 0 Å². The minimum Gasteiger partial charge on any atom is -0.265 e. The quantitative estimate of drug-likeness (QED) is 0.779. The normalized spacial score (nSPS) is 10.4. The fraction of sp³-hybridized carbons (Fsp3) is 0.167. The van der Waals surface area contributed by atoms with Crippen molar-refractivity contribution in [3.63, 3.8) is 0 Å². The Morgan fingerprint density at radius 2 is 2.00 bits per heavy atom. The van der Waals surface area contributed by atoms with Crippen LogP contribution >= 0.6 is 27.5 Å². The Morgan fingerprint density at radius 1 is 1.31 bits per heavy atom. The Morgan fingerprint density at radius 3 is 2.62 bits per heavy atom. The molecule has 0 saturated carbocycles. The van der Waals surface area contributed by atoms with E-state index in [1.54, 1.807) is 12.4 Å². The van der Waals surface area contributed by atoms with Gasteiger partial charge in [-0.1, -0.05) is 18.5 Å². The minimum absolute atomic E-state index is 0.509. The highest BCUT2D eigenvalue weighted by molar-refractivity contribution is 9.10. The van der Waals surface area contributed by atoms with Gasteiger partial charge in [-0.25, -0.2) is 4.98 Å². The summed E-state index contributed by atoms with van der Waals surface area (Å²) in [6, 6.07) is 5.94. The molecule has 0 unspecified atom stereocenters. The Kier molecular flexibility index (Phi) is 3.56. The first-order valence-corrected chi connectivity index (χ1v) is 6.14. The minimum atomic E-state index is 0.509. The first-order chi connectivity index (χ1) is 7.72. The van der Waals surface area contributed by atoms with Crippen molar-refractivity contribution >= 4 is 27.5 Å². The van der Waals surface area contributed by atoms with Crippen LogP contribution in [-0.4, -0.2) is 9.97 Å². The van der Waals surface area contributed by atoms with Gasteiger partial charge in [-0.2, -0.15) is 0 Å². The molecule has 0 bridgehead atoms. The predicted octanol–water partition coefficient (Wildman–Crippen LogP) is 4.12. The fourth-order valence-electron chi connectivity index (χ4n) is 1.55. The molecule has 0 saturated heterocycles. The van der Waals surface area contributed by atoms with Gasteiger partial charge in [0, 0.05) is 23.7 Å². The summed E-state index contributed by atoms with van der Waals surface area (Å²) in [5.41, 5.74) is 3.21. The second-order valence-electron chi connectivity index (χ2n) is 3.34. The van der Waals surface area contributed by atoms with Crippen LogP contribution in [0.1, 0.15) is 12.6 Å². The molecule has 0 radical (unpaired) electrons. The van der Waals surface area contributed by atoms with E-state index in [9.17, 15) is 0 Å². The van der Waals surface area contributed by atoms with Crippen molar-refractivity contribution in [2.45, 2.75) is 13.3 Å². The Labute approximate surface area is 108 Å². The molecule has 0 atom stereocenters. The molecule has 4 heteroatoms. The lowest BCUT2D eigenvalue weighted by Crippen LogP contribution is -1.94. The van der Waals surface area contributed by atoms with E-state index in [1.807, 2.05) is 18.2 Å². The van der Waals surface area contributed by atoms with Gasteiger partial charge in [0.15, 0.2) is 0 Å². The van der Waals surface area contributed by atoms with E-state index in [1.165, 1.54) is 0 Å². The number of hydrogen-bond donors (Lipinski definition) is 0. The van der Waals surface area contributed by atoms with Gasteiger partial charge >= 0.3 is 0 Å². The van der Waals surface area contributed by atoms with Gasteiger partial charge in [-0.3, -0.25) is 4.98 Å². The summed E-state index contributed by atoms with van der Waals surface area (Å²) in [6.07, 6.45) is 4.40. The molecule has 0 spiro atoms. The maximum Gasteiger partial charge on any atom is 0.143 e. The second kappa shape index (κ2) is 4.93. The fourth-order valence-corrected chi connectivity index (χ4v) is 2.03. The van der Waals surface area contributed by atoms with Crippen LogP contribution in [-0.2, 0) is 6.42 Å². The topological polar surface area (TPSA) is 25.8 Å². The molecule has 0 N–H and O–H groups in total. The molecule has 2 aromatic heterocycles. The van der Waals surface area contributed by atoms with Gasteiger partial charge < -0.3 is 0 Å². The average Bonchev–Trinajstić information content (AvgIpc) is 2.33. The summed E-state index contributed by atoms with van der Waals surface area (Å²) in [5, 5.41) is 0.509. The van der Waals surface area contributed by atoms with Crippen molar-refractivity contribution < 1.29 is 0 Å². The van der Waals surface area contributed by atoms with Crippen molar-refractivity contribution in [2.24, 2.45) is 0 Å². The molecule has 0 aliphatic heterocycles. The molecule has 0 amide bonds. The van der Waals surface area contributed by atoms with Gasteiger partial charge in [0.25, 0.3) is 0 Å². The summed E-state index contributed by atoms with van der Waals surface area (Å²) in [7, 11) is 0. The average molecular weight is 298 g/mol. The molecule has 0 aliphatic rings. The van der Waals surface area contributed by atoms with Crippen LogP contribution in [0.4, 0.5) is 0 Å². The number of halogens is 2. The summed E-state index contributed by atoms with van der Waals surface area (Å²) >= 11 is 9.38. The number of rotatable bonds is 2. The number of aromatic nitrogens is 2. The Hall–Kier alpha value is -0.930. The highest BCUT2D eigenvalue weighted by Crippen LogP contribution is 2.29. The second-order valence-corrected chi connectivity index (χ2v) is 4.56. The largest absolute Gasteiger partial charge is 0.265 e. The third kappa shape index (κ3) is 2.25. The number of nitrogens with zero attached hydrogens (tertiary/aromatic N) is 2. The molecule has 16 heavy (non-hydrogen) atoms. The monoisotopic (exact) mass is 296 g/mol. The van der Waals surface area contributed by atoms with E-state index in [2.05, 4.69) is 32.8 Å². The number of aryl methyl sites for hydroxylation is 1. The van der Waals surface area contributed by atoms with E-state index in [0.29, 0.717) is 5.15 Å². The lowest BCUT2D eigenvalue weighted by molar-refractivity contribution is 1.03. The number of pyridine rings is 2. The Balaban J connectivity index is 2.60. The maximum absolute atomic E-state index is 5.98. The smallest absolute Gasteiger partial charge is 0.143 e. The zero-order valence-electron chi connectivity index (χ0n) is 8.74. The predicted molar refractivity (Wildman–Crippen MR) is 69.6 cm³/mol. The van der Waals surface area contributed by atoms with E-state index in [4.69, 9.17) is 11.6 Å². The van der Waals surface area contributed by atoms with Crippen molar-refractivity contribution in [2.75, 3.05) is 0 Å². The zero-order chi connectivity index (χ0) is 11.5. The molecule has 0 fully saturated rings. The van der Waals surface area contributed by atoms with Gasteiger partial charge in [0.2, 0.25) is 0 Å². The molecule has 2 heterocycles. The van der Waals surface area contributed by atoms with Crippen LogP contribution in [0, 0.1) is 0 Å². The standard InChI is InChI=1S/C12H10BrClN2/c1-2-11-9(7-10(13)12(14)16-11)8-3-5-15-6-4-8/h3-7H,2H2,1H3. The first kappa shape index (κ1) is 11.6. The Bertz CT molecular complexity index is 500. The van der Waals surface area contributed by atoms with Gasteiger partial charge in [0.05, 0.1) is 4.47 Å². The lowest BCUT2D eigenvalue weighted by Gasteiger charge is -2.08. The summed E-state index contributed by atoms with van der Waals surface area (Å²) in [4.78, 5) is 8.37. The van der Waals surface area contributed by atoms with Crippen LogP contribution < -0.4 is 0 Å². The van der Waals surface area contributed by atoms with Crippen molar-refractivity contribution in [3.05, 3.63) is 45.9 Å². The van der Waals surface area contributed by atoms with E-state index < -0.39 is 0 Å². The molecule has 2 aromatic rings. The van der Waals surface area contributed by atoms with Crippen LogP contribution in [0.25, 0.3) is 11.1 Å². The van der Waals surface area contributed by atoms with Crippen molar-refractivity contribution in [1.82, 2.24) is 9.97 Å². The lowest BCUT2D eigenvalue weighted by atomic mass is 10.0. The summed E-state index contributed by atoms with van der Waals surface area (Å²) in [6.45, 7) is 2.07. The van der Waals surface area contributed by atoms with E-state index in [0.717, 1.165) is 27.7 Å². The van der Waals surface area contributed by atoms with Crippen LogP contribution in [0.5, 0.6) is 0 Å². The van der Waals surface area contributed by atoms with Gasteiger partial charge in [-0.05, 0) is 46.1 Å².